The zero-order chi connectivity index (χ0) is 15.6. The van der Waals surface area contributed by atoms with Gasteiger partial charge in [0, 0.05) is 17.3 Å². The quantitative estimate of drug-likeness (QED) is 0.655. The van der Waals surface area contributed by atoms with Gasteiger partial charge in [0.05, 0.1) is 16.5 Å². The van der Waals surface area contributed by atoms with Crippen molar-refractivity contribution in [2.24, 2.45) is 0 Å². The molecule has 0 saturated heterocycles. The molecule has 0 aliphatic rings. The fourth-order valence-corrected chi connectivity index (χ4v) is 2.32. The number of nitrogens with zero attached hydrogens (tertiary/aromatic N) is 1. The third kappa shape index (κ3) is 2.97. The Morgan fingerprint density at radius 2 is 1.86 bits per heavy atom. The number of para-hydroxylation sites is 1. The van der Waals surface area contributed by atoms with Crippen molar-refractivity contribution >= 4 is 11.4 Å². The summed E-state index contributed by atoms with van der Waals surface area (Å²) in [6.45, 7) is 5.51. The van der Waals surface area contributed by atoms with Crippen molar-refractivity contribution in [2.45, 2.75) is 26.8 Å². The van der Waals surface area contributed by atoms with Crippen molar-refractivity contribution in [2.75, 3.05) is 5.32 Å². The number of phenolic OH excluding ortho intramolecular Hbond substituents is 1. The van der Waals surface area contributed by atoms with Crippen molar-refractivity contribution in [1.29, 1.82) is 0 Å². The smallest absolute Gasteiger partial charge is 0.274 e. The number of nitro benzene ring substituents is 1. The van der Waals surface area contributed by atoms with E-state index in [1.807, 2.05) is 32.9 Å². The SMILES string of the molecule is Cc1ccc(NC(C)c2ccccc2[N+](=O)[O-])c(C)c1O. The first-order chi connectivity index (χ1) is 9.91. The van der Waals surface area contributed by atoms with Crippen LogP contribution in [0.2, 0.25) is 0 Å². The van der Waals surface area contributed by atoms with Crippen LogP contribution in [-0.2, 0) is 0 Å². The Kier molecular flexibility index (Phi) is 4.12. The molecule has 0 aromatic heterocycles. The molecular weight excluding hydrogens is 268 g/mol. The van der Waals surface area contributed by atoms with E-state index in [1.54, 1.807) is 18.2 Å². The van der Waals surface area contributed by atoms with E-state index in [0.29, 0.717) is 5.56 Å². The predicted molar refractivity (Wildman–Crippen MR) is 82.7 cm³/mol. The largest absolute Gasteiger partial charge is 0.507 e. The van der Waals surface area contributed by atoms with Gasteiger partial charge in [-0.25, -0.2) is 0 Å². The molecule has 21 heavy (non-hydrogen) atoms. The molecule has 0 spiro atoms. The van der Waals surface area contributed by atoms with E-state index < -0.39 is 0 Å². The second-order valence-corrected chi connectivity index (χ2v) is 5.09. The van der Waals surface area contributed by atoms with E-state index >= 15 is 0 Å². The molecule has 2 aromatic rings. The van der Waals surface area contributed by atoms with Gasteiger partial charge in [-0.1, -0.05) is 24.3 Å². The van der Waals surface area contributed by atoms with Crippen LogP contribution < -0.4 is 5.32 Å². The molecule has 0 amide bonds. The topological polar surface area (TPSA) is 75.4 Å². The minimum atomic E-state index is -0.382. The van der Waals surface area contributed by atoms with Crippen LogP contribution in [-0.4, -0.2) is 10.0 Å². The molecule has 5 heteroatoms. The maximum Gasteiger partial charge on any atom is 0.274 e. The number of benzene rings is 2. The Balaban J connectivity index is 2.33. The minimum Gasteiger partial charge on any atom is -0.507 e. The van der Waals surface area contributed by atoms with Crippen molar-refractivity contribution < 1.29 is 10.0 Å². The fourth-order valence-electron chi connectivity index (χ4n) is 2.32. The van der Waals surface area contributed by atoms with Crippen LogP contribution in [0.25, 0.3) is 0 Å². The summed E-state index contributed by atoms with van der Waals surface area (Å²) in [5.41, 5.74) is 3.01. The van der Waals surface area contributed by atoms with Crippen LogP contribution in [0.3, 0.4) is 0 Å². The zero-order valence-corrected chi connectivity index (χ0v) is 12.3. The van der Waals surface area contributed by atoms with Crippen LogP contribution in [0.15, 0.2) is 36.4 Å². The first-order valence-corrected chi connectivity index (χ1v) is 6.71. The van der Waals surface area contributed by atoms with Gasteiger partial charge in [0.2, 0.25) is 0 Å². The summed E-state index contributed by atoms with van der Waals surface area (Å²) in [4.78, 5) is 10.7. The molecule has 110 valence electrons. The van der Waals surface area contributed by atoms with Crippen LogP contribution >= 0.6 is 0 Å². The lowest BCUT2D eigenvalue weighted by Gasteiger charge is -2.18. The predicted octanol–water partition coefficient (Wildman–Crippen LogP) is 4.09. The number of anilines is 1. The van der Waals surface area contributed by atoms with E-state index in [2.05, 4.69) is 5.32 Å². The maximum absolute atomic E-state index is 11.1. The Labute approximate surface area is 123 Å². The molecule has 0 aliphatic heterocycles. The summed E-state index contributed by atoms with van der Waals surface area (Å²) in [7, 11) is 0. The molecule has 0 heterocycles. The lowest BCUT2D eigenvalue weighted by Crippen LogP contribution is -2.10. The van der Waals surface area contributed by atoms with Gasteiger partial charge < -0.3 is 10.4 Å². The number of nitro groups is 1. The van der Waals surface area contributed by atoms with Gasteiger partial charge in [-0.3, -0.25) is 10.1 Å². The standard InChI is InChI=1S/C16H18N2O3/c1-10-8-9-14(11(2)16(10)19)17-12(3)13-6-4-5-7-15(13)18(20)21/h4-9,12,17,19H,1-3H3. The number of hydrogen-bond donors (Lipinski definition) is 2. The summed E-state index contributed by atoms with van der Waals surface area (Å²) in [5, 5.41) is 24.3. The third-order valence-corrected chi connectivity index (χ3v) is 3.60. The van der Waals surface area contributed by atoms with Crippen LogP contribution in [0, 0.1) is 24.0 Å². The van der Waals surface area contributed by atoms with Crippen LogP contribution in [0.5, 0.6) is 5.75 Å². The molecule has 1 atom stereocenters. The Morgan fingerprint density at radius 3 is 2.52 bits per heavy atom. The Bertz CT molecular complexity index is 683. The van der Waals surface area contributed by atoms with Crippen molar-refractivity contribution in [1.82, 2.24) is 0 Å². The van der Waals surface area contributed by atoms with Crippen molar-refractivity contribution in [3.63, 3.8) is 0 Å². The number of rotatable bonds is 4. The molecular formula is C16H18N2O3. The maximum atomic E-state index is 11.1. The second kappa shape index (κ2) is 5.83. The number of hydrogen-bond acceptors (Lipinski definition) is 4. The van der Waals surface area contributed by atoms with E-state index in [9.17, 15) is 15.2 Å². The number of phenols is 1. The molecule has 0 bridgehead atoms. The van der Waals surface area contributed by atoms with Gasteiger partial charge in [0.15, 0.2) is 0 Å². The lowest BCUT2D eigenvalue weighted by molar-refractivity contribution is -0.385. The molecule has 0 aliphatic carbocycles. The highest BCUT2D eigenvalue weighted by Crippen LogP contribution is 2.32. The molecule has 0 radical (unpaired) electrons. The molecule has 2 rings (SSSR count). The van der Waals surface area contributed by atoms with Gasteiger partial charge in [-0.05, 0) is 32.4 Å². The molecule has 2 aromatic carbocycles. The van der Waals surface area contributed by atoms with E-state index in [-0.39, 0.29) is 22.4 Å². The normalized spacial score (nSPS) is 12.0. The average molecular weight is 286 g/mol. The summed E-state index contributed by atoms with van der Waals surface area (Å²) in [6, 6.07) is 10.1. The van der Waals surface area contributed by atoms with E-state index in [4.69, 9.17) is 0 Å². The fraction of sp³-hybridized carbons (Fsp3) is 0.250. The van der Waals surface area contributed by atoms with Crippen LogP contribution in [0.1, 0.15) is 29.7 Å². The Hall–Kier alpha value is -2.56. The lowest BCUT2D eigenvalue weighted by atomic mass is 10.0. The second-order valence-electron chi connectivity index (χ2n) is 5.09. The summed E-state index contributed by atoms with van der Waals surface area (Å²) >= 11 is 0. The molecule has 1 unspecified atom stereocenters. The van der Waals surface area contributed by atoms with E-state index in [0.717, 1.165) is 16.8 Å². The van der Waals surface area contributed by atoms with Gasteiger partial charge in [0.1, 0.15) is 5.75 Å². The van der Waals surface area contributed by atoms with Crippen LogP contribution in [0.4, 0.5) is 11.4 Å². The third-order valence-electron chi connectivity index (χ3n) is 3.60. The van der Waals surface area contributed by atoms with Gasteiger partial charge in [0.25, 0.3) is 5.69 Å². The van der Waals surface area contributed by atoms with E-state index in [1.165, 1.54) is 6.07 Å². The van der Waals surface area contributed by atoms with Gasteiger partial charge >= 0.3 is 0 Å². The highest BCUT2D eigenvalue weighted by atomic mass is 16.6. The number of aromatic hydroxyl groups is 1. The van der Waals surface area contributed by atoms with Crippen molar-refractivity contribution in [3.05, 3.63) is 63.2 Å². The first kappa shape index (κ1) is 14.8. The number of aryl methyl sites for hydroxylation is 1. The molecule has 0 saturated carbocycles. The Morgan fingerprint density at radius 1 is 1.19 bits per heavy atom. The molecule has 0 fully saturated rings. The number of nitrogens with one attached hydrogen (secondary N) is 1. The monoisotopic (exact) mass is 286 g/mol. The zero-order valence-electron chi connectivity index (χ0n) is 12.3. The molecule has 5 nitrogen and oxygen atoms in total. The van der Waals surface area contributed by atoms with Crippen molar-refractivity contribution in [3.8, 4) is 5.75 Å². The van der Waals surface area contributed by atoms with Gasteiger partial charge in [-0.15, -0.1) is 0 Å². The van der Waals surface area contributed by atoms with Gasteiger partial charge in [-0.2, -0.15) is 0 Å². The molecule has 2 N–H and O–H groups in total. The highest BCUT2D eigenvalue weighted by Gasteiger charge is 2.19. The highest BCUT2D eigenvalue weighted by molar-refractivity contribution is 5.60. The minimum absolute atomic E-state index is 0.0893. The summed E-state index contributed by atoms with van der Waals surface area (Å²) in [5.74, 6) is 0.245. The summed E-state index contributed by atoms with van der Waals surface area (Å²) in [6.07, 6.45) is 0. The average Bonchev–Trinajstić information content (AvgIpc) is 2.47. The summed E-state index contributed by atoms with van der Waals surface area (Å²) < 4.78 is 0. The first-order valence-electron chi connectivity index (χ1n) is 6.71.